The number of aromatic amines is 2. The van der Waals surface area contributed by atoms with Crippen LogP contribution in [0, 0.1) is 6.92 Å². The Morgan fingerprint density at radius 2 is 2.08 bits per heavy atom. The molecule has 4 N–H and O–H groups in total. The number of hydrogen-bond acceptors (Lipinski definition) is 5. The summed E-state index contributed by atoms with van der Waals surface area (Å²) in [7, 11) is 0. The Balaban J connectivity index is 1.50. The lowest BCUT2D eigenvalue weighted by Gasteiger charge is -2.16. The van der Waals surface area contributed by atoms with Gasteiger partial charge in [-0.15, -0.1) is 0 Å². The topological polar surface area (TPSA) is 94.3 Å². The predicted molar refractivity (Wildman–Crippen MR) is 102 cm³/mol. The fourth-order valence-electron chi connectivity index (χ4n) is 3.58. The Morgan fingerprint density at radius 3 is 2.96 bits per heavy atom. The molecule has 0 unspecified atom stereocenters. The minimum Gasteiger partial charge on any atom is -0.363 e. The molecule has 0 aliphatic heterocycles. The van der Waals surface area contributed by atoms with Crippen LogP contribution in [0.5, 0.6) is 0 Å². The van der Waals surface area contributed by atoms with Crippen molar-refractivity contribution in [2.24, 2.45) is 0 Å². The average Bonchev–Trinajstić information content (AvgIpc) is 3.36. The molecule has 1 atom stereocenters. The molecule has 3 heterocycles. The van der Waals surface area contributed by atoms with Gasteiger partial charge >= 0.3 is 0 Å². The number of benzene rings is 1. The molecule has 1 aliphatic rings. The van der Waals surface area contributed by atoms with E-state index in [2.05, 4.69) is 55.1 Å². The van der Waals surface area contributed by atoms with Crippen molar-refractivity contribution in [3.8, 4) is 0 Å². The Labute approximate surface area is 150 Å². The maximum absolute atomic E-state index is 4.71. The van der Waals surface area contributed by atoms with Crippen molar-refractivity contribution in [3.63, 3.8) is 0 Å². The van der Waals surface area contributed by atoms with Crippen molar-refractivity contribution in [2.75, 3.05) is 10.6 Å². The van der Waals surface area contributed by atoms with Crippen molar-refractivity contribution in [1.29, 1.82) is 0 Å². The van der Waals surface area contributed by atoms with Gasteiger partial charge in [0.25, 0.3) is 0 Å². The fraction of sp³-hybridized carbons (Fsp3) is 0.211. The van der Waals surface area contributed by atoms with Crippen molar-refractivity contribution >= 4 is 28.6 Å². The molecule has 7 nitrogen and oxygen atoms in total. The molecule has 4 aromatic rings. The lowest BCUT2D eigenvalue weighted by molar-refractivity contribution is 0.758. The zero-order chi connectivity index (χ0) is 17.5. The SMILES string of the molecule is Cc1cc(Nc2nc(N[C@H]3CCc4ccccc43)c3cc[nH]c3n2)n[nH]1. The Hall–Kier alpha value is -3.35. The summed E-state index contributed by atoms with van der Waals surface area (Å²) in [6.45, 7) is 1.96. The van der Waals surface area contributed by atoms with E-state index in [0.29, 0.717) is 11.8 Å². The van der Waals surface area contributed by atoms with Gasteiger partial charge in [-0.25, -0.2) is 0 Å². The second-order valence-corrected chi connectivity index (χ2v) is 6.63. The van der Waals surface area contributed by atoms with Gasteiger partial charge in [0.15, 0.2) is 5.82 Å². The highest BCUT2D eigenvalue weighted by Gasteiger charge is 2.23. The zero-order valence-electron chi connectivity index (χ0n) is 14.4. The summed E-state index contributed by atoms with van der Waals surface area (Å²) in [6.07, 6.45) is 4.04. The monoisotopic (exact) mass is 345 g/mol. The van der Waals surface area contributed by atoms with E-state index in [9.17, 15) is 0 Å². The van der Waals surface area contributed by atoms with Gasteiger partial charge in [-0.05, 0) is 37.0 Å². The molecule has 0 bridgehead atoms. The van der Waals surface area contributed by atoms with Crippen molar-refractivity contribution in [2.45, 2.75) is 25.8 Å². The Kier molecular flexibility index (Phi) is 3.38. The van der Waals surface area contributed by atoms with Crippen LogP contribution in [0.1, 0.15) is 29.3 Å². The number of aromatic nitrogens is 5. The van der Waals surface area contributed by atoms with Crippen molar-refractivity contribution < 1.29 is 0 Å². The summed E-state index contributed by atoms with van der Waals surface area (Å²) in [5.41, 5.74) is 4.54. The number of hydrogen-bond donors (Lipinski definition) is 4. The molecule has 26 heavy (non-hydrogen) atoms. The van der Waals surface area contributed by atoms with Crippen molar-refractivity contribution in [3.05, 3.63) is 59.4 Å². The number of fused-ring (bicyclic) bond motifs is 2. The number of rotatable bonds is 4. The van der Waals surface area contributed by atoms with E-state index < -0.39 is 0 Å². The summed E-state index contributed by atoms with van der Waals surface area (Å²) < 4.78 is 0. The minimum atomic E-state index is 0.264. The summed E-state index contributed by atoms with van der Waals surface area (Å²) in [4.78, 5) is 12.4. The standard InChI is InChI=1S/C19H19N7/c1-11-10-16(26-25-11)22-19-23-17-14(8-9-20-17)18(24-19)21-15-7-6-12-4-2-3-5-13(12)15/h2-5,8-10,15H,6-7H2,1H3,(H4,20,21,22,23,24,25,26)/t15-/m0/s1. The largest absolute Gasteiger partial charge is 0.363 e. The number of nitrogens with zero attached hydrogens (tertiary/aromatic N) is 3. The Bertz CT molecular complexity index is 1080. The van der Waals surface area contributed by atoms with E-state index in [-0.39, 0.29) is 6.04 Å². The predicted octanol–water partition coefficient (Wildman–Crippen LogP) is 3.83. The second-order valence-electron chi connectivity index (χ2n) is 6.63. The van der Waals surface area contributed by atoms with E-state index in [1.54, 1.807) is 0 Å². The molecular weight excluding hydrogens is 326 g/mol. The van der Waals surface area contributed by atoms with Crippen LogP contribution in [-0.2, 0) is 6.42 Å². The fourth-order valence-corrected chi connectivity index (χ4v) is 3.58. The number of anilines is 3. The Morgan fingerprint density at radius 1 is 1.15 bits per heavy atom. The van der Waals surface area contributed by atoms with Crippen LogP contribution in [-0.4, -0.2) is 25.1 Å². The van der Waals surface area contributed by atoms with E-state index in [4.69, 9.17) is 4.98 Å². The summed E-state index contributed by atoms with van der Waals surface area (Å²) in [6, 6.07) is 12.8. The van der Waals surface area contributed by atoms with Gasteiger partial charge < -0.3 is 15.6 Å². The molecule has 130 valence electrons. The maximum atomic E-state index is 4.71. The molecular formula is C19H19N7. The highest BCUT2D eigenvalue weighted by molar-refractivity contribution is 5.88. The molecule has 3 aromatic heterocycles. The van der Waals surface area contributed by atoms with Gasteiger partial charge in [0.05, 0.1) is 11.4 Å². The number of H-pyrrole nitrogens is 2. The first-order valence-electron chi connectivity index (χ1n) is 8.75. The molecule has 0 saturated carbocycles. The molecule has 0 radical (unpaired) electrons. The van der Waals surface area contributed by atoms with Crippen LogP contribution in [0.4, 0.5) is 17.6 Å². The lowest BCUT2D eigenvalue weighted by Crippen LogP contribution is -2.10. The summed E-state index contributed by atoms with van der Waals surface area (Å²) >= 11 is 0. The lowest BCUT2D eigenvalue weighted by atomic mass is 10.1. The molecule has 0 spiro atoms. The first kappa shape index (κ1) is 14.9. The molecule has 0 saturated heterocycles. The quantitative estimate of drug-likeness (QED) is 0.451. The molecule has 1 aliphatic carbocycles. The van der Waals surface area contributed by atoms with E-state index in [1.807, 2.05) is 25.3 Å². The van der Waals surface area contributed by atoms with Crippen LogP contribution >= 0.6 is 0 Å². The first-order chi connectivity index (χ1) is 12.8. The van der Waals surface area contributed by atoms with E-state index >= 15 is 0 Å². The zero-order valence-corrected chi connectivity index (χ0v) is 14.4. The van der Waals surface area contributed by atoms with Gasteiger partial charge in [-0.3, -0.25) is 5.10 Å². The second kappa shape index (κ2) is 5.87. The van der Waals surface area contributed by atoms with Gasteiger partial charge in [-0.2, -0.15) is 15.1 Å². The maximum Gasteiger partial charge on any atom is 0.232 e. The molecule has 5 rings (SSSR count). The van der Waals surface area contributed by atoms with E-state index in [1.165, 1.54) is 11.1 Å². The highest BCUT2D eigenvalue weighted by atomic mass is 15.2. The molecule has 7 heteroatoms. The highest BCUT2D eigenvalue weighted by Crippen LogP contribution is 2.35. The normalized spacial score (nSPS) is 16.0. The average molecular weight is 345 g/mol. The van der Waals surface area contributed by atoms with Crippen LogP contribution in [0.3, 0.4) is 0 Å². The number of nitrogens with one attached hydrogen (secondary N) is 4. The van der Waals surface area contributed by atoms with Gasteiger partial charge in [0.2, 0.25) is 5.95 Å². The van der Waals surface area contributed by atoms with E-state index in [0.717, 1.165) is 35.4 Å². The molecule has 0 amide bonds. The third-order valence-electron chi connectivity index (χ3n) is 4.81. The smallest absolute Gasteiger partial charge is 0.232 e. The van der Waals surface area contributed by atoms with Gasteiger partial charge in [-0.1, -0.05) is 24.3 Å². The summed E-state index contributed by atoms with van der Waals surface area (Å²) in [5, 5.41) is 14.9. The number of aryl methyl sites for hydroxylation is 2. The van der Waals surface area contributed by atoms with Crippen LogP contribution in [0.25, 0.3) is 11.0 Å². The molecule has 0 fully saturated rings. The van der Waals surface area contributed by atoms with Gasteiger partial charge in [0.1, 0.15) is 11.5 Å². The van der Waals surface area contributed by atoms with Gasteiger partial charge in [0, 0.05) is 18.0 Å². The first-order valence-corrected chi connectivity index (χ1v) is 8.75. The van der Waals surface area contributed by atoms with Crippen LogP contribution < -0.4 is 10.6 Å². The third-order valence-corrected chi connectivity index (χ3v) is 4.81. The summed E-state index contributed by atoms with van der Waals surface area (Å²) in [5.74, 6) is 2.04. The third kappa shape index (κ3) is 2.57. The minimum absolute atomic E-state index is 0.264. The van der Waals surface area contributed by atoms with Crippen LogP contribution in [0.15, 0.2) is 42.6 Å². The molecule has 1 aromatic carbocycles. The van der Waals surface area contributed by atoms with Crippen molar-refractivity contribution in [1.82, 2.24) is 25.1 Å². The van der Waals surface area contributed by atoms with Crippen LogP contribution in [0.2, 0.25) is 0 Å².